The molecule has 0 aromatic heterocycles. The van der Waals surface area contributed by atoms with Crippen LogP contribution in [-0.2, 0) is 11.3 Å². The van der Waals surface area contributed by atoms with E-state index in [1.807, 2.05) is 24.3 Å². The van der Waals surface area contributed by atoms with E-state index in [4.69, 9.17) is 9.47 Å². The molecule has 0 unspecified atom stereocenters. The molecular formula is C10H16O2. The van der Waals surface area contributed by atoms with Gasteiger partial charge in [-0.1, -0.05) is 19.6 Å². The largest absolute Gasteiger partial charge is 0.497 e. The van der Waals surface area contributed by atoms with Crippen molar-refractivity contribution in [1.29, 1.82) is 0 Å². The molecule has 0 radical (unpaired) electrons. The molecule has 12 heavy (non-hydrogen) atoms. The van der Waals surface area contributed by atoms with E-state index >= 15 is 0 Å². The normalized spacial score (nSPS) is 8.83. The van der Waals surface area contributed by atoms with Crippen LogP contribution in [0.3, 0.4) is 0 Å². The van der Waals surface area contributed by atoms with Gasteiger partial charge in [-0.3, -0.25) is 0 Å². The quantitative estimate of drug-likeness (QED) is 0.690. The summed E-state index contributed by atoms with van der Waals surface area (Å²) in [4.78, 5) is 0. The molecule has 0 saturated carbocycles. The summed E-state index contributed by atoms with van der Waals surface area (Å²) in [5.41, 5.74) is 1.16. The lowest BCUT2D eigenvalue weighted by atomic mass is 10.2. The first-order valence-corrected chi connectivity index (χ1v) is 3.48. The van der Waals surface area contributed by atoms with Crippen LogP contribution in [0.25, 0.3) is 0 Å². The van der Waals surface area contributed by atoms with Gasteiger partial charge in [-0.2, -0.15) is 0 Å². The molecule has 0 bridgehead atoms. The summed E-state index contributed by atoms with van der Waals surface area (Å²) in [5, 5.41) is 0. The maximum Gasteiger partial charge on any atom is 0.118 e. The second kappa shape index (κ2) is 5.61. The Morgan fingerprint density at radius 2 is 1.67 bits per heavy atom. The fourth-order valence-electron chi connectivity index (χ4n) is 0.888. The molecule has 1 rings (SSSR count). The maximum atomic E-state index is 5.01. The third kappa shape index (κ3) is 2.93. The van der Waals surface area contributed by atoms with Crippen molar-refractivity contribution in [3.05, 3.63) is 29.8 Å². The lowest BCUT2D eigenvalue weighted by molar-refractivity contribution is 0.185. The molecule has 1 aromatic carbocycles. The van der Waals surface area contributed by atoms with Gasteiger partial charge >= 0.3 is 0 Å². The fourth-order valence-corrected chi connectivity index (χ4v) is 0.888. The number of hydrogen-bond donors (Lipinski definition) is 0. The topological polar surface area (TPSA) is 18.5 Å². The average Bonchev–Trinajstić information content (AvgIpc) is 2.07. The smallest absolute Gasteiger partial charge is 0.118 e. The third-order valence-corrected chi connectivity index (χ3v) is 1.47. The van der Waals surface area contributed by atoms with Crippen LogP contribution in [0.5, 0.6) is 5.75 Å². The van der Waals surface area contributed by atoms with Crippen LogP contribution in [-0.4, -0.2) is 14.2 Å². The highest BCUT2D eigenvalue weighted by Gasteiger charge is 1.91. The van der Waals surface area contributed by atoms with Gasteiger partial charge in [0.25, 0.3) is 0 Å². The van der Waals surface area contributed by atoms with Gasteiger partial charge in [-0.25, -0.2) is 0 Å². The zero-order valence-electron chi connectivity index (χ0n) is 6.83. The Hall–Kier alpha value is -1.02. The summed E-state index contributed by atoms with van der Waals surface area (Å²) in [5.74, 6) is 0.879. The Labute approximate surface area is 74.1 Å². The van der Waals surface area contributed by atoms with Gasteiger partial charge in [-0.15, -0.1) is 0 Å². The first-order chi connectivity index (χ1) is 5.36. The minimum atomic E-state index is 0. The maximum absolute atomic E-state index is 5.01. The SMILES string of the molecule is C.COCc1ccc(OC)cc1. The standard InChI is InChI=1S/C9H12O2.CH4/c1-10-7-8-3-5-9(11-2)6-4-8;/h3-6H,7H2,1-2H3;1H4. The minimum absolute atomic E-state index is 0. The van der Waals surface area contributed by atoms with Crippen LogP contribution < -0.4 is 4.74 Å². The Kier molecular flexibility index (Phi) is 5.13. The molecule has 2 heteroatoms. The summed E-state index contributed by atoms with van der Waals surface area (Å²) >= 11 is 0. The summed E-state index contributed by atoms with van der Waals surface area (Å²) in [6.45, 7) is 0.657. The highest BCUT2D eigenvalue weighted by atomic mass is 16.5. The van der Waals surface area contributed by atoms with Crippen LogP contribution in [0.15, 0.2) is 24.3 Å². The highest BCUT2D eigenvalue weighted by Crippen LogP contribution is 2.11. The van der Waals surface area contributed by atoms with E-state index in [1.54, 1.807) is 14.2 Å². The van der Waals surface area contributed by atoms with Crippen molar-refractivity contribution in [1.82, 2.24) is 0 Å². The van der Waals surface area contributed by atoms with Gasteiger partial charge < -0.3 is 9.47 Å². The molecule has 0 heterocycles. The Bertz CT molecular complexity index is 204. The molecule has 0 amide bonds. The highest BCUT2D eigenvalue weighted by molar-refractivity contribution is 5.26. The Morgan fingerprint density at radius 3 is 2.08 bits per heavy atom. The van der Waals surface area contributed by atoms with Crippen molar-refractivity contribution >= 4 is 0 Å². The van der Waals surface area contributed by atoms with Crippen molar-refractivity contribution in [3.8, 4) is 5.75 Å². The van der Waals surface area contributed by atoms with Crippen LogP contribution in [0.4, 0.5) is 0 Å². The van der Waals surface area contributed by atoms with E-state index in [0.29, 0.717) is 6.61 Å². The van der Waals surface area contributed by atoms with Gasteiger partial charge in [0.15, 0.2) is 0 Å². The molecule has 0 aliphatic heterocycles. The van der Waals surface area contributed by atoms with E-state index in [0.717, 1.165) is 11.3 Å². The lowest BCUT2D eigenvalue weighted by Crippen LogP contribution is -1.87. The molecule has 0 saturated heterocycles. The summed E-state index contributed by atoms with van der Waals surface area (Å²) in [7, 11) is 3.34. The first kappa shape index (κ1) is 11.0. The van der Waals surface area contributed by atoms with Gasteiger partial charge in [0, 0.05) is 7.11 Å². The molecule has 0 aliphatic rings. The van der Waals surface area contributed by atoms with Crippen LogP contribution >= 0.6 is 0 Å². The van der Waals surface area contributed by atoms with Gasteiger partial charge in [-0.05, 0) is 17.7 Å². The minimum Gasteiger partial charge on any atom is -0.497 e. The summed E-state index contributed by atoms with van der Waals surface area (Å²) in [6, 6.07) is 7.83. The lowest BCUT2D eigenvalue weighted by Gasteiger charge is -2.01. The van der Waals surface area contributed by atoms with Gasteiger partial charge in [0.2, 0.25) is 0 Å². The average molecular weight is 168 g/mol. The number of ether oxygens (including phenoxy) is 2. The van der Waals surface area contributed by atoms with Gasteiger partial charge in [0.05, 0.1) is 13.7 Å². The molecular weight excluding hydrogens is 152 g/mol. The second-order valence-electron chi connectivity index (χ2n) is 2.28. The Balaban J connectivity index is 0.00000121. The Morgan fingerprint density at radius 1 is 1.08 bits per heavy atom. The second-order valence-corrected chi connectivity index (χ2v) is 2.28. The number of benzene rings is 1. The van der Waals surface area contributed by atoms with E-state index in [9.17, 15) is 0 Å². The molecule has 2 nitrogen and oxygen atoms in total. The molecule has 0 N–H and O–H groups in total. The predicted molar refractivity (Wildman–Crippen MR) is 50.4 cm³/mol. The van der Waals surface area contributed by atoms with Crippen molar-refractivity contribution in [2.24, 2.45) is 0 Å². The van der Waals surface area contributed by atoms with Crippen molar-refractivity contribution < 1.29 is 9.47 Å². The van der Waals surface area contributed by atoms with Crippen molar-refractivity contribution in [2.45, 2.75) is 14.0 Å². The monoisotopic (exact) mass is 168 g/mol. The first-order valence-electron chi connectivity index (χ1n) is 3.48. The number of rotatable bonds is 3. The molecule has 0 atom stereocenters. The van der Waals surface area contributed by atoms with Crippen molar-refractivity contribution in [3.63, 3.8) is 0 Å². The zero-order valence-corrected chi connectivity index (χ0v) is 6.83. The molecule has 68 valence electrons. The van der Waals surface area contributed by atoms with Crippen molar-refractivity contribution in [2.75, 3.05) is 14.2 Å². The van der Waals surface area contributed by atoms with Crippen LogP contribution in [0.2, 0.25) is 0 Å². The fraction of sp³-hybridized carbons (Fsp3) is 0.400. The summed E-state index contributed by atoms with van der Waals surface area (Å²) < 4.78 is 9.97. The van der Waals surface area contributed by atoms with E-state index in [2.05, 4.69) is 0 Å². The molecule has 0 fully saturated rings. The predicted octanol–water partition coefficient (Wildman–Crippen LogP) is 2.48. The zero-order chi connectivity index (χ0) is 8.10. The van der Waals surface area contributed by atoms with Gasteiger partial charge in [0.1, 0.15) is 5.75 Å². The third-order valence-electron chi connectivity index (χ3n) is 1.47. The van der Waals surface area contributed by atoms with E-state index in [1.165, 1.54) is 0 Å². The summed E-state index contributed by atoms with van der Waals surface area (Å²) in [6.07, 6.45) is 0. The van der Waals surface area contributed by atoms with E-state index in [-0.39, 0.29) is 7.43 Å². The van der Waals surface area contributed by atoms with Crippen LogP contribution in [0.1, 0.15) is 13.0 Å². The number of methoxy groups -OCH3 is 2. The molecule has 0 aliphatic carbocycles. The molecule has 0 spiro atoms. The molecule has 1 aromatic rings. The number of hydrogen-bond acceptors (Lipinski definition) is 2. The van der Waals surface area contributed by atoms with Crippen LogP contribution in [0, 0.1) is 0 Å². The van der Waals surface area contributed by atoms with E-state index < -0.39 is 0 Å².